The Hall–Kier alpha value is -1.49. The van der Waals surface area contributed by atoms with E-state index in [1.165, 1.54) is 37.7 Å². The van der Waals surface area contributed by atoms with Crippen molar-refractivity contribution in [3.63, 3.8) is 0 Å². The molecule has 1 saturated carbocycles. The summed E-state index contributed by atoms with van der Waals surface area (Å²) in [5.41, 5.74) is 0.904. The zero-order valence-electron chi connectivity index (χ0n) is 14.8. The molecule has 1 fully saturated rings. The van der Waals surface area contributed by atoms with Gasteiger partial charge >= 0.3 is 0 Å². The molecule has 1 aromatic rings. The summed E-state index contributed by atoms with van der Waals surface area (Å²) in [4.78, 5) is 0. The van der Waals surface area contributed by atoms with Gasteiger partial charge in [-0.05, 0) is 55.7 Å². The highest BCUT2D eigenvalue weighted by Gasteiger charge is 2.36. The molecule has 0 atom stereocenters. The molecule has 2 nitrogen and oxygen atoms in total. The second-order valence-electron chi connectivity index (χ2n) is 7.01. The van der Waals surface area contributed by atoms with Crippen LogP contribution in [0, 0.1) is 17.2 Å². The second-order valence-corrected chi connectivity index (χ2v) is 7.01. The number of rotatable bonds is 8. The normalized spacial score (nSPS) is 24.1. The maximum Gasteiger partial charge on any atom is 0.119 e. The number of hydrogen-bond acceptors (Lipinski definition) is 2. The molecular formula is C21H31NO. The van der Waals surface area contributed by atoms with E-state index >= 15 is 0 Å². The third kappa shape index (κ3) is 4.74. The zero-order chi connectivity index (χ0) is 16.5. The minimum absolute atomic E-state index is 0.273. The highest BCUT2D eigenvalue weighted by molar-refractivity contribution is 5.37. The van der Waals surface area contributed by atoms with Gasteiger partial charge in [0.05, 0.1) is 18.1 Å². The van der Waals surface area contributed by atoms with Gasteiger partial charge in [0.15, 0.2) is 0 Å². The third-order valence-corrected chi connectivity index (χ3v) is 5.31. The first-order chi connectivity index (χ1) is 11.2. The lowest BCUT2D eigenvalue weighted by molar-refractivity contribution is 0.262. The average molecular weight is 313 g/mol. The Morgan fingerprint density at radius 2 is 1.74 bits per heavy atom. The van der Waals surface area contributed by atoms with E-state index in [9.17, 15) is 5.26 Å². The smallest absolute Gasteiger partial charge is 0.119 e. The highest BCUT2D eigenvalue weighted by Crippen LogP contribution is 2.42. The highest BCUT2D eigenvalue weighted by atomic mass is 16.5. The van der Waals surface area contributed by atoms with Gasteiger partial charge in [-0.3, -0.25) is 0 Å². The molecule has 0 amide bonds. The van der Waals surface area contributed by atoms with Crippen molar-refractivity contribution in [2.45, 2.75) is 77.0 Å². The minimum Gasteiger partial charge on any atom is -0.494 e. The van der Waals surface area contributed by atoms with Crippen LogP contribution in [-0.4, -0.2) is 6.61 Å². The van der Waals surface area contributed by atoms with Gasteiger partial charge in [0.25, 0.3) is 0 Å². The minimum atomic E-state index is -0.273. The van der Waals surface area contributed by atoms with Crippen LogP contribution in [0.3, 0.4) is 0 Å². The van der Waals surface area contributed by atoms with Crippen LogP contribution in [0.4, 0.5) is 0 Å². The van der Waals surface area contributed by atoms with Crippen LogP contribution in [0.5, 0.6) is 5.75 Å². The van der Waals surface area contributed by atoms with E-state index < -0.39 is 0 Å². The Labute approximate surface area is 141 Å². The van der Waals surface area contributed by atoms with E-state index in [1.54, 1.807) is 0 Å². The molecule has 23 heavy (non-hydrogen) atoms. The molecule has 0 bridgehead atoms. The summed E-state index contributed by atoms with van der Waals surface area (Å²) in [6, 6.07) is 10.9. The first-order valence-corrected chi connectivity index (χ1v) is 9.38. The lowest BCUT2D eigenvalue weighted by Crippen LogP contribution is -2.30. The first kappa shape index (κ1) is 17.9. The Morgan fingerprint density at radius 3 is 2.30 bits per heavy atom. The van der Waals surface area contributed by atoms with Crippen molar-refractivity contribution >= 4 is 0 Å². The fraction of sp³-hybridized carbons (Fsp3) is 0.667. The van der Waals surface area contributed by atoms with E-state index in [1.807, 2.05) is 12.1 Å². The Morgan fingerprint density at radius 1 is 1.09 bits per heavy atom. The number of unbranched alkanes of at least 4 members (excludes halogenated alkanes) is 2. The quantitative estimate of drug-likeness (QED) is 0.551. The molecule has 0 aromatic heterocycles. The predicted octanol–water partition coefficient (Wildman–Crippen LogP) is 6.01. The van der Waals surface area contributed by atoms with E-state index in [0.717, 1.165) is 44.0 Å². The summed E-state index contributed by atoms with van der Waals surface area (Å²) in [6.07, 6.45) is 10.6. The van der Waals surface area contributed by atoms with Crippen LogP contribution >= 0.6 is 0 Å². The molecule has 1 aliphatic rings. The molecule has 1 aliphatic carbocycles. The van der Waals surface area contributed by atoms with Crippen LogP contribution in [0.1, 0.15) is 77.2 Å². The number of benzene rings is 1. The molecule has 2 rings (SSSR count). The fourth-order valence-electron chi connectivity index (χ4n) is 3.62. The summed E-state index contributed by atoms with van der Waals surface area (Å²) in [5.74, 6) is 1.75. The molecule has 126 valence electrons. The Balaban J connectivity index is 1.97. The van der Waals surface area contributed by atoms with E-state index in [-0.39, 0.29) is 5.41 Å². The molecule has 2 heteroatoms. The molecule has 0 radical (unpaired) electrons. The van der Waals surface area contributed by atoms with Crippen LogP contribution in [0.15, 0.2) is 24.3 Å². The van der Waals surface area contributed by atoms with Crippen molar-refractivity contribution in [2.24, 2.45) is 5.92 Å². The lowest BCUT2D eigenvalue weighted by atomic mass is 9.67. The van der Waals surface area contributed by atoms with E-state index in [4.69, 9.17) is 4.74 Å². The maximum atomic E-state index is 9.82. The van der Waals surface area contributed by atoms with Crippen molar-refractivity contribution in [3.05, 3.63) is 29.8 Å². The summed E-state index contributed by atoms with van der Waals surface area (Å²) in [5, 5.41) is 9.82. The van der Waals surface area contributed by atoms with Crippen molar-refractivity contribution in [3.8, 4) is 11.8 Å². The summed E-state index contributed by atoms with van der Waals surface area (Å²) >= 11 is 0. The molecule has 0 unspecified atom stereocenters. The van der Waals surface area contributed by atoms with Gasteiger partial charge in [0.2, 0.25) is 0 Å². The summed E-state index contributed by atoms with van der Waals surface area (Å²) in [6.45, 7) is 5.20. The lowest BCUT2D eigenvalue weighted by Gasteiger charge is -2.35. The van der Waals surface area contributed by atoms with Crippen molar-refractivity contribution in [1.82, 2.24) is 0 Å². The van der Waals surface area contributed by atoms with Crippen molar-refractivity contribution in [2.75, 3.05) is 6.61 Å². The van der Waals surface area contributed by atoms with Crippen LogP contribution < -0.4 is 4.74 Å². The Bertz CT molecular complexity index is 492. The van der Waals surface area contributed by atoms with Gasteiger partial charge in [-0.15, -0.1) is 0 Å². The van der Waals surface area contributed by atoms with Gasteiger partial charge in [0, 0.05) is 0 Å². The van der Waals surface area contributed by atoms with Crippen molar-refractivity contribution < 1.29 is 4.74 Å². The zero-order valence-corrected chi connectivity index (χ0v) is 14.8. The van der Waals surface area contributed by atoms with Crippen LogP contribution in [0.2, 0.25) is 0 Å². The predicted molar refractivity (Wildman–Crippen MR) is 95.6 cm³/mol. The maximum absolute atomic E-state index is 9.82. The summed E-state index contributed by atoms with van der Waals surface area (Å²) < 4.78 is 5.73. The first-order valence-electron chi connectivity index (χ1n) is 9.38. The van der Waals surface area contributed by atoms with Crippen LogP contribution in [0.25, 0.3) is 0 Å². The van der Waals surface area contributed by atoms with Gasteiger partial charge in [-0.2, -0.15) is 5.26 Å². The van der Waals surface area contributed by atoms with Gasteiger partial charge in [0.1, 0.15) is 5.75 Å². The molecule has 0 spiro atoms. The average Bonchev–Trinajstić information content (AvgIpc) is 2.61. The van der Waals surface area contributed by atoms with E-state index in [2.05, 4.69) is 32.0 Å². The number of hydrogen-bond donors (Lipinski definition) is 0. The molecule has 0 heterocycles. The monoisotopic (exact) mass is 313 g/mol. The van der Waals surface area contributed by atoms with E-state index in [0.29, 0.717) is 0 Å². The van der Waals surface area contributed by atoms with Gasteiger partial charge in [-0.25, -0.2) is 0 Å². The standard InChI is InChI=1S/C21H31NO/c1-3-5-7-18-12-14-21(17-22,15-13-18)19-8-10-20(11-9-19)23-16-6-4-2/h8-11,18H,3-7,12-16H2,1-2H3. The summed E-state index contributed by atoms with van der Waals surface area (Å²) in [7, 11) is 0. The molecule has 0 aliphatic heterocycles. The Kier molecular flexibility index (Phi) is 6.96. The van der Waals surface area contributed by atoms with Gasteiger partial charge in [-0.1, -0.05) is 51.7 Å². The molecule has 0 N–H and O–H groups in total. The number of nitriles is 1. The molecule has 0 saturated heterocycles. The third-order valence-electron chi connectivity index (χ3n) is 5.31. The van der Waals surface area contributed by atoms with Crippen molar-refractivity contribution in [1.29, 1.82) is 5.26 Å². The SMILES string of the molecule is CCCCOc1ccc(C2(C#N)CCC(CCCC)CC2)cc1. The fourth-order valence-corrected chi connectivity index (χ4v) is 3.62. The number of nitrogens with zero attached hydrogens (tertiary/aromatic N) is 1. The topological polar surface area (TPSA) is 33.0 Å². The number of ether oxygens (including phenoxy) is 1. The molecular weight excluding hydrogens is 282 g/mol. The van der Waals surface area contributed by atoms with Crippen LogP contribution in [-0.2, 0) is 5.41 Å². The molecule has 1 aromatic carbocycles. The second kappa shape index (κ2) is 8.96. The van der Waals surface area contributed by atoms with Gasteiger partial charge < -0.3 is 4.74 Å². The largest absolute Gasteiger partial charge is 0.494 e.